The number of carbonyl (C=O) groups excluding carboxylic acids is 1. The van der Waals surface area contributed by atoms with Gasteiger partial charge in [-0.3, -0.25) is 4.79 Å². The topological polar surface area (TPSA) is 88.2 Å². The minimum atomic E-state index is -0.604. The van der Waals surface area contributed by atoms with Crippen LogP contribution in [0.4, 0.5) is 5.82 Å². The molecule has 1 unspecified atom stereocenters. The molecule has 1 aromatic heterocycles. The molecule has 1 atom stereocenters. The Bertz CT molecular complexity index is 647. The maximum Gasteiger partial charge on any atom is 0.250 e. The molecule has 7 heteroatoms. The summed E-state index contributed by atoms with van der Waals surface area (Å²) in [7, 11) is 0. The zero-order valence-corrected chi connectivity index (χ0v) is 12.4. The number of nitrogens with one attached hydrogen (secondary N) is 1. The highest BCUT2D eigenvalue weighted by Gasteiger charge is 2.14. The van der Waals surface area contributed by atoms with Crippen molar-refractivity contribution in [3.8, 4) is 0 Å². The van der Waals surface area contributed by atoms with E-state index in [0.717, 1.165) is 5.56 Å². The van der Waals surface area contributed by atoms with E-state index in [9.17, 15) is 9.90 Å². The highest BCUT2D eigenvalue weighted by Crippen LogP contribution is 2.25. The van der Waals surface area contributed by atoms with E-state index in [1.807, 2.05) is 0 Å². The number of hydrogen-bond acceptors (Lipinski definition) is 4. The van der Waals surface area contributed by atoms with Gasteiger partial charge in [0, 0.05) is 11.2 Å². The van der Waals surface area contributed by atoms with Crippen molar-refractivity contribution >= 4 is 34.9 Å². The van der Waals surface area contributed by atoms with Crippen LogP contribution in [0.2, 0.25) is 10.0 Å². The molecule has 0 fully saturated rings. The summed E-state index contributed by atoms with van der Waals surface area (Å²) in [6, 6.07) is 8.07. The van der Waals surface area contributed by atoms with Gasteiger partial charge in [0.2, 0.25) is 5.91 Å². The van der Waals surface area contributed by atoms with Crippen LogP contribution < -0.4 is 11.1 Å². The van der Waals surface area contributed by atoms with E-state index < -0.39 is 11.9 Å². The summed E-state index contributed by atoms with van der Waals surface area (Å²) in [6.07, 6.45) is 1.33. The van der Waals surface area contributed by atoms with Crippen LogP contribution in [0.1, 0.15) is 22.0 Å². The van der Waals surface area contributed by atoms with Gasteiger partial charge in [0.1, 0.15) is 5.82 Å². The zero-order valence-electron chi connectivity index (χ0n) is 10.9. The molecular weight excluding hydrogens is 313 g/mol. The van der Waals surface area contributed by atoms with Gasteiger partial charge in [-0.2, -0.15) is 0 Å². The Morgan fingerprint density at radius 1 is 1.33 bits per heavy atom. The van der Waals surface area contributed by atoms with Gasteiger partial charge in [0.05, 0.1) is 23.2 Å². The van der Waals surface area contributed by atoms with Crippen molar-refractivity contribution in [1.82, 2.24) is 4.98 Å². The van der Waals surface area contributed by atoms with Crippen LogP contribution in [0.5, 0.6) is 0 Å². The molecule has 1 amide bonds. The Morgan fingerprint density at radius 2 is 2.00 bits per heavy atom. The summed E-state index contributed by atoms with van der Waals surface area (Å²) < 4.78 is 0. The smallest absolute Gasteiger partial charge is 0.250 e. The lowest BCUT2D eigenvalue weighted by Gasteiger charge is -2.18. The number of aromatic nitrogens is 1. The number of nitrogens with two attached hydrogens (primary N) is 1. The molecule has 0 bridgehead atoms. The largest absolute Gasteiger partial charge is 0.394 e. The van der Waals surface area contributed by atoms with E-state index in [-0.39, 0.29) is 17.2 Å². The van der Waals surface area contributed by atoms with E-state index in [4.69, 9.17) is 28.9 Å². The normalized spacial score (nSPS) is 12.0. The fraction of sp³-hybridized carbons (Fsp3) is 0.143. The van der Waals surface area contributed by atoms with E-state index in [1.54, 1.807) is 24.3 Å². The first-order valence-corrected chi connectivity index (χ1v) is 6.85. The van der Waals surface area contributed by atoms with Crippen LogP contribution in [-0.4, -0.2) is 22.6 Å². The number of aliphatic hydroxyl groups excluding tert-OH is 1. The summed E-state index contributed by atoms with van der Waals surface area (Å²) >= 11 is 11.9. The molecule has 4 N–H and O–H groups in total. The molecule has 2 aromatic rings. The van der Waals surface area contributed by atoms with Crippen LogP contribution in [0.3, 0.4) is 0 Å². The summed E-state index contributed by atoms with van der Waals surface area (Å²) in [5, 5.41) is 13.4. The Morgan fingerprint density at radius 3 is 2.52 bits per heavy atom. The van der Waals surface area contributed by atoms with Crippen LogP contribution in [0, 0.1) is 0 Å². The molecule has 0 radical (unpaired) electrons. The number of amides is 1. The molecule has 1 heterocycles. The van der Waals surface area contributed by atoms with Crippen LogP contribution >= 0.6 is 23.2 Å². The van der Waals surface area contributed by atoms with E-state index in [0.29, 0.717) is 10.8 Å². The first kappa shape index (κ1) is 15.6. The molecular formula is C14H13Cl2N3O2. The fourth-order valence-corrected chi connectivity index (χ4v) is 2.12. The van der Waals surface area contributed by atoms with Gasteiger partial charge in [0.25, 0.3) is 0 Å². The van der Waals surface area contributed by atoms with Crippen molar-refractivity contribution in [3.63, 3.8) is 0 Å². The van der Waals surface area contributed by atoms with Gasteiger partial charge in [-0.25, -0.2) is 4.98 Å². The maximum absolute atomic E-state index is 11.0. The predicted octanol–water partition coefficient (Wildman–Crippen LogP) is 2.63. The number of anilines is 1. The third-order valence-electron chi connectivity index (χ3n) is 2.89. The lowest BCUT2D eigenvalue weighted by Crippen LogP contribution is -2.17. The van der Waals surface area contributed by atoms with Crippen molar-refractivity contribution in [2.24, 2.45) is 5.73 Å². The Balaban J connectivity index is 2.22. The van der Waals surface area contributed by atoms with Crippen LogP contribution in [0.15, 0.2) is 36.5 Å². The number of carbonyl (C=O) groups is 1. The monoisotopic (exact) mass is 325 g/mol. The average molecular weight is 326 g/mol. The van der Waals surface area contributed by atoms with Gasteiger partial charge in [-0.05, 0) is 23.8 Å². The molecule has 0 saturated carbocycles. The molecule has 2 rings (SSSR count). The van der Waals surface area contributed by atoms with E-state index in [2.05, 4.69) is 10.3 Å². The second kappa shape index (κ2) is 6.76. The number of benzene rings is 1. The van der Waals surface area contributed by atoms with Crippen molar-refractivity contribution < 1.29 is 9.90 Å². The van der Waals surface area contributed by atoms with E-state index >= 15 is 0 Å². The number of halogens is 2. The van der Waals surface area contributed by atoms with Crippen molar-refractivity contribution in [2.45, 2.75) is 6.04 Å². The summed E-state index contributed by atoms with van der Waals surface area (Å²) in [5.41, 5.74) is 6.21. The average Bonchev–Trinajstić information content (AvgIpc) is 2.47. The second-order valence-electron chi connectivity index (χ2n) is 4.35. The lowest BCUT2D eigenvalue weighted by molar-refractivity contribution is 0.1000. The van der Waals surface area contributed by atoms with Gasteiger partial charge in [-0.15, -0.1) is 0 Å². The molecule has 5 nitrogen and oxygen atoms in total. The van der Waals surface area contributed by atoms with Gasteiger partial charge in [0.15, 0.2) is 0 Å². The first-order valence-electron chi connectivity index (χ1n) is 6.09. The molecule has 21 heavy (non-hydrogen) atoms. The quantitative estimate of drug-likeness (QED) is 0.788. The van der Waals surface area contributed by atoms with E-state index in [1.165, 1.54) is 12.3 Å². The molecule has 0 aliphatic rings. The zero-order chi connectivity index (χ0) is 15.4. The van der Waals surface area contributed by atoms with Crippen molar-refractivity contribution in [3.05, 3.63) is 57.7 Å². The lowest BCUT2D eigenvalue weighted by atomic mass is 10.1. The number of hydrogen-bond donors (Lipinski definition) is 3. The van der Waals surface area contributed by atoms with Gasteiger partial charge < -0.3 is 16.2 Å². The molecule has 0 saturated heterocycles. The third-order valence-corrected chi connectivity index (χ3v) is 3.43. The summed E-state index contributed by atoms with van der Waals surface area (Å²) in [6.45, 7) is -0.156. The highest BCUT2D eigenvalue weighted by atomic mass is 35.5. The number of aliphatic hydroxyl groups is 1. The summed E-state index contributed by atoms with van der Waals surface area (Å²) in [4.78, 5) is 15.1. The fourth-order valence-electron chi connectivity index (χ4n) is 1.77. The molecule has 0 aliphatic heterocycles. The Labute approximate surface area is 131 Å². The molecule has 110 valence electrons. The second-order valence-corrected chi connectivity index (χ2v) is 5.19. The molecule has 0 spiro atoms. The standard InChI is InChI=1S/C14H13Cl2N3O2/c15-10-3-1-8(2-4-10)12(7-20)19-14-11(16)5-9(6-18-14)13(17)21/h1-6,12,20H,7H2,(H2,17,21)(H,18,19). The van der Waals surface area contributed by atoms with Gasteiger partial charge in [-0.1, -0.05) is 35.3 Å². The van der Waals surface area contributed by atoms with Crippen molar-refractivity contribution in [1.29, 1.82) is 0 Å². The number of pyridine rings is 1. The predicted molar refractivity (Wildman–Crippen MR) is 82.7 cm³/mol. The maximum atomic E-state index is 11.0. The highest BCUT2D eigenvalue weighted by molar-refractivity contribution is 6.33. The third kappa shape index (κ3) is 3.85. The Hall–Kier alpha value is -1.82. The minimum absolute atomic E-state index is 0.156. The molecule has 1 aromatic carbocycles. The number of primary amides is 1. The van der Waals surface area contributed by atoms with Crippen LogP contribution in [-0.2, 0) is 0 Å². The summed E-state index contributed by atoms with van der Waals surface area (Å²) in [5.74, 6) is -0.247. The van der Waals surface area contributed by atoms with Crippen molar-refractivity contribution in [2.75, 3.05) is 11.9 Å². The minimum Gasteiger partial charge on any atom is -0.394 e. The number of nitrogens with zero attached hydrogens (tertiary/aromatic N) is 1. The molecule has 0 aliphatic carbocycles. The van der Waals surface area contributed by atoms with Crippen LogP contribution in [0.25, 0.3) is 0 Å². The Kier molecular flexibility index (Phi) is 5.01. The first-order chi connectivity index (χ1) is 10.0. The number of rotatable bonds is 5. The van der Waals surface area contributed by atoms with Gasteiger partial charge >= 0.3 is 0 Å². The SMILES string of the molecule is NC(=O)c1cnc(NC(CO)c2ccc(Cl)cc2)c(Cl)c1.